The Morgan fingerprint density at radius 2 is 1.97 bits per heavy atom. The van der Waals surface area contributed by atoms with Gasteiger partial charge in [0, 0.05) is 24.5 Å². The molecule has 0 amide bonds. The Kier molecular flexibility index (Phi) is 4.89. The fraction of sp³-hybridized carbons (Fsp3) is 0.143. The van der Waals surface area contributed by atoms with Crippen LogP contribution >= 0.6 is 0 Å². The van der Waals surface area contributed by atoms with E-state index in [1.165, 1.54) is 12.1 Å². The molecule has 8 heteroatoms. The van der Waals surface area contributed by atoms with E-state index in [-0.39, 0.29) is 11.8 Å². The number of fused-ring (bicyclic) bond motifs is 1. The first kappa shape index (κ1) is 18.5. The molecule has 0 radical (unpaired) electrons. The van der Waals surface area contributed by atoms with E-state index >= 15 is 0 Å². The molecule has 0 saturated heterocycles. The van der Waals surface area contributed by atoms with Crippen molar-refractivity contribution in [3.05, 3.63) is 66.2 Å². The molecule has 144 valence electrons. The second kappa shape index (κ2) is 7.66. The van der Waals surface area contributed by atoms with Crippen molar-refractivity contribution in [2.24, 2.45) is 0 Å². The number of nitrogens with two attached hydrogens (primary N) is 1. The van der Waals surface area contributed by atoms with Gasteiger partial charge in [-0.1, -0.05) is 0 Å². The average Bonchev–Trinajstić information content (AvgIpc) is 3.07. The van der Waals surface area contributed by atoms with Crippen LogP contribution in [-0.2, 0) is 6.54 Å². The molecule has 0 fully saturated rings. The van der Waals surface area contributed by atoms with Gasteiger partial charge in [-0.3, -0.25) is 9.30 Å². The Morgan fingerprint density at radius 3 is 2.69 bits per heavy atom. The van der Waals surface area contributed by atoms with Gasteiger partial charge in [-0.05, 0) is 55.1 Å². The minimum atomic E-state index is -0.312. The fourth-order valence-electron chi connectivity index (χ4n) is 3.23. The lowest BCUT2D eigenvalue weighted by Crippen LogP contribution is -2.17. The first-order chi connectivity index (χ1) is 14.0. The number of pyridine rings is 1. The second-order valence-corrected chi connectivity index (χ2v) is 6.71. The van der Waals surface area contributed by atoms with Crippen molar-refractivity contribution in [1.29, 1.82) is 5.26 Å². The Hall–Kier alpha value is -3.83. The highest BCUT2D eigenvalue weighted by Gasteiger charge is 2.18. The minimum absolute atomic E-state index is 0.164. The number of anilines is 1. The van der Waals surface area contributed by atoms with E-state index in [9.17, 15) is 4.39 Å². The molecule has 0 bridgehead atoms. The zero-order valence-corrected chi connectivity index (χ0v) is 15.7. The van der Waals surface area contributed by atoms with Gasteiger partial charge < -0.3 is 5.73 Å². The van der Waals surface area contributed by atoms with Gasteiger partial charge in [-0.15, -0.1) is 0 Å². The van der Waals surface area contributed by atoms with E-state index in [2.05, 4.69) is 16.0 Å². The summed E-state index contributed by atoms with van der Waals surface area (Å²) < 4.78 is 15.4. The smallest absolute Gasteiger partial charge is 0.220 e. The molecule has 7 nitrogen and oxygen atoms in total. The van der Waals surface area contributed by atoms with Crippen LogP contribution in [0, 0.1) is 17.1 Å². The standard InChI is InChI=1S/C21H18FN7/c1-28(11-8-23)13-14-7-10-29-18(12-14)27-19(15-2-4-16(22)5-3-15)20(29)17-6-9-25-21(24)26-17/h2-7,9-10,12H,11,13H2,1H3,(H2,24,25,26). The molecule has 4 aromatic rings. The summed E-state index contributed by atoms with van der Waals surface area (Å²) in [6.07, 6.45) is 3.51. The van der Waals surface area contributed by atoms with E-state index in [0.717, 1.165) is 22.5 Å². The van der Waals surface area contributed by atoms with Crippen molar-refractivity contribution in [2.75, 3.05) is 19.3 Å². The predicted molar refractivity (Wildman–Crippen MR) is 108 cm³/mol. The van der Waals surface area contributed by atoms with E-state index in [4.69, 9.17) is 16.0 Å². The molecule has 0 aliphatic heterocycles. The highest BCUT2D eigenvalue weighted by Crippen LogP contribution is 2.32. The third kappa shape index (κ3) is 3.77. The summed E-state index contributed by atoms with van der Waals surface area (Å²) in [5.41, 5.74) is 10.4. The van der Waals surface area contributed by atoms with Crippen LogP contribution in [-0.4, -0.2) is 37.8 Å². The van der Waals surface area contributed by atoms with Crippen LogP contribution in [0.25, 0.3) is 28.3 Å². The van der Waals surface area contributed by atoms with E-state index in [0.29, 0.717) is 24.5 Å². The van der Waals surface area contributed by atoms with Crippen LogP contribution in [0.2, 0.25) is 0 Å². The molecule has 29 heavy (non-hydrogen) atoms. The van der Waals surface area contributed by atoms with Crippen molar-refractivity contribution in [1.82, 2.24) is 24.3 Å². The number of halogens is 1. The molecule has 0 aliphatic rings. The van der Waals surface area contributed by atoms with Gasteiger partial charge in [0.05, 0.1) is 29.7 Å². The highest BCUT2D eigenvalue weighted by molar-refractivity contribution is 5.80. The number of benzene rings is 1. The van der Waals surface area contributed by atoms with Crippen LogP contribution in [0.15, 0.2) is 54.9 Å². The Balaban J connectivity index is 1.88. The maximum atomic E-state index is 13.4. The summed E-state index contributed by atoms with van der Waals surface area (Å²) in [4.78, 5) is 15.0. The van der Waals surface area contributed by atoms with Crippen molar-refractivity contribution in [2.45, 2.75) is 6.54 Å². The summed E-state index contributed by atoms with van der Waals surface area (Å²) in [7, 11) is 1.89. The zero-order chi connectivity index (χ0) is 20.4. The number of aromatic nitrogens is 4. The molecule has 3 aromatic heterocycles. The Bertz CT molecular complexity index is 1210. The van der Waals surface area contributed by atoms with E-state index in [1.54, 1.807) is 24.4 Å². The van der Waals surface area contributed by atoms with Crippen LogP contribution in [0.3, 0.4) is 0 Å². The summed E-state index contributed by atoms with van der Waals surface area (Å²) in [5.74, 6) is -0.148. The number of hydrogen-bond acceptors (Lipinski definition) is 6. The lowest BCUT2D eigenvalue weighted by molar-refractivity contribution is 0.367. The van der Waals surface area contributed by atoms with Crippen molar-refractivity contribution in [3.63, 3.8) is 0 Å². The van der Waals surface area contributed by atoms with E-state index in [1.807, 2.05) is 34.7 Å². The Labute approximate surface area is 166 Å². The first-order valence-electron chi connectivity index (χ1n) is 8.96. The number of nitriles is 1. The maximum Gasteiger partial charge on any atom is 0.220 e. The largest absolute Gasteiger partial charge is 0.368 e. The SMILES string of the molecule is CN(CC#N)Cc1ccn2c(-c3ccnc(N)n3)c(-c3ccc(F)cc3)nc2c1. The predicted octanol–water partition coefficient (Wildman–Crippen LogP) is 3.13. The Morgan fingerprint density at radius 1 is 1.17 bits per heavy atom. The monoisotopic (exact) mass is 387 g/mol. The number of hydrogen-bond donors (Lipinski definition) is 1. The maximum absolute atomic E-state index is 13.4. The van der Waals surface area contributed by atoms with Crippen LogP contribution in [0.1, 0.15) is 5.56 Å². The average molecular weight is 387 g/mol. The quantitative estimate of drug-likeness (QED) is 0.529. The minimum Gasteiger partial charge on any atom is -0.368 e. The molecular formula is C21H18FN7. The molecule has 0 aliphatic carbocycles. The molecule has 0 saturated carbocycles. The number of nitrogen functional groups attached to an aromatic ring is 1. The van der Waals surface area contributed by atoms with Gasteiger partial charge in [0.25, 0.3) is 0 Å². The first-order valence-corrected chi connectivity index (χ1v) is 8.96. The van der Waals surface area contributed by atoms with E-state index < -0.39 is 0 Å². The third-order valence-corrected chi connectivity index (χ3v) is 4.52. The summed E-state index contributed by atoms with van der Waals surface area (Å²) in [6, 6.07) is 14.0. The molecule has 2 N–H and O–H groups in total. The molecule has 3 heterocycles. The molecule has 0 atom stereocenters. The number of rotatable bonds is 5. The summed E-state index contributed by atoms with van der Waals surface area (Å²) >= 11 is 0. The molecule has 0 unspecified atom stereocenters. The number of imidazole rings is 1. The van der Waals surface area contributed by atoms with Crippen LogP contribution in [0.5, 0.6) is 0 Å². The summed E-state index contributed by atoms with van der Waals surface area (Å²) in [6.45, 7) is 0.963. The van der Waals surface area contributed by atoms with Gasteiger partial charge in [0.2, 0.25) is 5.95 Å². The van der Waals surface area contributed by atoms with Crippen LogP contribution in [0.4, 0.5) is 10.3 Å². The highest BCUT2D eigenvalue weighted by atomic mass is 19.1. The summed E-state index contributed by atoms with van der Waals surface area (Å²) in [5, 5.41) is 8.86. The van der Waals surface area contributed by atoms with Crippen molar-refractivity contribution >= 4 is 11.6 Å². The van der Waals surface area contributed by atoms with Gasteiger partial charge >= 0.3 is 0 Å². The molecule has 4 rings (SSSR count). The van der Waals surface area contributed by atoms with Gasteiger partial charge in [-0.25, -0.2) is 19.3 Å². The lowest BCUT2D eigenvalue weighted by atomic mass is 10.1. The molecule has 1 aromatic carbocycles. The molecular weight excluding hydrogens is 369 g/mol. The second-order valence-electron chi connectivity index (χ2n) is 6.71. The normalized spacial score (nSPS) is 11.1. The van der Waals surface area contributed by atoms with Crippen molar-refractivity contribution in [3.8, 4) is 28.7 Å². The fourth-order valence-corrected chi connectivity index (χ4v) is 3.23. The zero-order valence-electron chi connectivity index (χ0n) is 15.7. The third-order valence-electron chi connectivity index (χ3n) is 4.52. The number of nitrogens with zero attached hydrogens (tertiary/aromatic N) is 6. The topological polar surface area (TPSA) is 96.1 Å². The van der Waals surface area contributed by atoms with Gasteiger partial charge in [-0.2, -0.15) is 5.26 Å². The lowest BCUT2D eigenvalue weighted by Gasteiger charge is -2.12. The van der Waals surface area contributed by atoms with Gasteiger partial charge in [0.1, 0.15) is 11.5 Å². The van der Waals surface area contributed by atoms with Gasteiger partial charge in [0.15, 0.2) is 0 Å². The molecule has 0 spiro atoms. The van der Waals surface area contributed by atoms with Crippen molar-refractivity contribution < 1.29 is 4.39 Å². The van der Waals surface area contributed by atoms with Crippen LogP contribution < -0.4 is 5.73 Å².